The Balaban J connectivity index is 1.97. The third-order valence-electron chi connectivity index (χ3n) is 3.48. The van der Waals surface area contributed by atoms with E-state index in [2.05, 4.69) is 4.98 Å². The molecule has 0 bridgehead atoms. The fourth-order valence-electron chi connectivity index (χ4n) is 2.44. The lowest BCUT2D eigenvalue weighted by atomic mass is 9.97. The van der Waals surface area contributed by atoms with Crippen LogP contribution >= 0.6 is 0 Å². The summed E-state index contributed by atoms with van der Waals surface area (Å²) in [5.74, 6) is -0.688. The molecule has 0 aliphatic carbocycles. The molecule has 2 N–H and O–H groups in total. The molecule has 0 spiro atoms. The van der Waals surface area contributed by atoms with Gasteiger partial charge in [-0.05, 0) is 30.2 Å². The highest BCUT2D eigenvalue weighted by atomic mass is 19.1. The van der Waals surface area contributed by atoms with E-state index >= 15 is 0 Å². The van der Waals surface area contributed by atoms with Gasteiger partial charge in [0.1, 0.15) is 11.5 Å². The number of carbonyl (C=O) groups is 1. The van der Waals surface area contributed by atoms with E-state index in [0.29, 0.717) is 13.0 Å². The minimum atomic E-state index is -0.456. The quantitative estimate of drug-likeness (QED) is 0.865. The van der Waals surface area contributed by atoms with Crippen molar-refractivity contribution in [2.75, 3.05) is 11.4 Å². The van der Waals surface area contributed by atoms with E-state index in [-0.39, 0.29) is 17.6 Å². The maximum Gasteiger partial charge on any atom is 0.276 e. The number of amides is 1. The SMILES string of the molecule is NC1CCN(C(=O)c2ccc(F)cn2)c2ccccc21. The predicted molar refractivity (Wildman–Crippen MR) is 73.9 cm³/mol. The lowest BCUT2D eigenvalue weighted by Crippen LogP contribution is -2.38. The minimum absolute atomic E-state index is 0.0589. The number of pyridine rings is 1. The predicted octanol–water partition coefficient (Wildman–Crippen LogP) is 2.27. The average Bonchev–Trinajstić information content (AvgIpc) is 2.48. The Kier molecular flexibility index (Phi) is 3.20. The Morgan fingerprint density at radius 2 is 2.10 bits per heavy atom. The first-order valence-electron chi connectivity index (χ1n) is 6.45. The molecule has 1 atom stereocenters. The number of rotatable bonds is 1. The van der Waals surface area contributed by atoms with Crippen molar-refractivity contribution in [3.63, 3.8) is 0 Å². The standard InChI is InChI=1S/C15H14FN3O/c16-10-5-6-13(18-9-10)15(20)19-8-7-12(17)11-3-1-2-4-14(11)19/h1-6,9,12H,7-8,17H2. The molecule has 1 aliphatic rings. The normalized spacial score (nSPS) is 17.7. The summed E-state index contributed by atoms with van der Waals surface area (Å²) in [6.07, 6.45) is 1.75. The molecule has 1 aliphatic heterocycles. The first-order chi connectivity index (χ1) is 9.66. The second kappa shape index (κ2) is 5.02. The monoisotopic (exact) mass is 271 g/mol. The zero-order valence-corrected chi connectivity index (χ0v) is 10.8. The number of aromatic nitrogens is 1. The summed E-state index contributed by atoms with van der Waals surface area (Å²) in [6, 6.07) is 10.2. The van der Waals surface area contributed by atoms with Gasteiger partial charge in [0.25, 0.3) is 5.91 Å². The molecule has 0 saturated heterocycles. The molecule has 20 heavy (non-hydrogen) atoms. The number of fused-ring (bicyclic) bond motifs is 1. The lowest BCUT2D eigenvalue weighted by Gasteiger charge is -2.32. The molecule has 0 radical (unpaired) electrons. The van der Waals surface area contributed by atoms with Gasteiger partial charge < -0.3 is 10.6 Å². The number of para-hydroxylation sites is 1. The van der Waals surface area contributed by atoms with Gasteiger partial charge in [-0.2, -0.15) is 0 Å². The molecule has 2 heterocycles. The van der Waals surface area contributed by atoms with Crippen LogP contribution in [0.3, 0.4) is 0 Å². The van der Waals surface area contributed by atoms with Crippen LogP contribution in [0.2, 0.25) is 0 Å². The van der Waals surface area contributed by atoms with E-state index < -0.39 is 5.82 Å². The second-order valence-corrected chi connectivity index (χ2v) is 4.77. The fraction of sp³-hybridized carbons (Fsp3) is 0.200. The van der Waals surface area contributed by atoms with Crippen LogP contribution in [0.5, 0.6) is 0 Å². The minimum Gasteiger partial charge on any atom is -0.324 e. The van der Waals surface area contributed by atoms with Gasteiger partial charge in [-0.1, -0.05) is 18.2 Å². The Labute approximate surface area is 116 Å². The van der Waals surface area contributed by atoms with E-state index in [0.717, 1.165) is 17.4 Å². The third kappa shape index (κ3) is 2.16. The largest absolute Gasteiger partial charge is 0.324 e. The van der Waals surface area contributed by atoms with Gasteiger partial charge in [0.05, 0.1) is 6.20 Å². The summed E-state index contributed by atoms with van der Waals surface area (Å²) in [4.78, 5) is 18.0. The molecule has 102 valence electrons. The van der Waals surface area contributed by atoms with Gasteiger partial charge >= 0.3 is 0 Å². The number of halogens is 1. The fourth-order valence-corrected chi connectivity index (χ4v) is 2.44. The Bertz CT molecular complexity index is 642. The lowest BCUT2D eigenvalue weighted by molar-refractivity contribution is 0.0979. The summed E-state index contributed by atoms with van der Waals surface area (Å²) in [6.45, 7) is 0.538. The van der Waals surface area contributed by atoms with Crippen LogP contribution < -0.4 is 10.6 Å². The smallest absolute Gasteiger partial charge is 0.276 e. The van der Waals surface area contributed by atoms with Gasteiger partial charge in [-0.25, -0.2) is 9.37 Å². The summed E-state index contributed by atoms with van der Waals surface area (Å²) < 4.78 is 12.9. The van der Waals surface area contributed by atoms with Gasteiger partial charge in [-0.15, -0.1) is 0 Å². The van der Waals surface area contributed by atoms with Crippen LogP contribution in [0.1, 0.15) is 28.5 Å². The molecule has 1 unspecified atom stereocenters. The maximum absolute atomic E-state index is 12.9. The summed E-state index contributed by atoms with van der Waals surface area (Å²) in [5, 5.41) is 0. The number of carbonyl (C=O) groups excluding carboxylic acids is 1. The Morgan fingerprint density at radius 1 is 1.30 bits per heavy atom. The van der Waals surface area contributed by atoms with E-state index in [1.807, 2.05) is 24.3 Å². The summed E-state index contributed by atoms with van der Waals surface area (Å²) >= 11 is 0. The number of nitrogens with zero attached hydrogens (tertiary/aromatic N) is 2. The highest BCUT2D eigenvalue weighted by Crippen LogP contribution is 2.32. The van der Waals surface area contributed by atoms with E-state index in [9.17, 15) is 9.18 Å². The van der Waals surface area contributed by atoms with Crippen molar-refractivity contribution in [1.29, 1.82) is 0 Å². The first-order valence-corrected chi connectivity index (χ1v) is 6.45. The molecule has 4 nitrogen and oxygen atoms in total. The average molecular weight is 271 g/mol. The van der Waals surface area contributed by atoms with E-state index in [1.54, 1.807) is 4.90 Å². The van der Waals surface area contributed by atoms with Crippen molar-refractivity contribution >= 4 is 11.6 Å². The van der Waals surface area contributed by atoms with Crippen molar-refractivity contribution in [3.8, 4) is 0 Å². The number of nitrogens with two attached hydrogens (primary N) is 1. The van der Waals surface area contributed by atoms with Crippen LogP contribution in [0.15, 0.2) is 42.6 Å². The van der Waals surface area contributed by atoms with Gasteiger partial charge in [-0.3, -0.25) is 4.79 Å². The highest BCUT2D eigenvalue weighted by molar-refractivity contribution is 6.05. The van der Waals surface area contributed by atoms with Gasteiger partial charge in [0, 0.05) is 18.3 Å². The molecular weight excluding hydrogens is 257 g/mol. The number of anilines is 1. The summed E-state index contributed by atoms with van der Waals surface area (Å²) in [5.41, 5.74) is 8.06. The molecule has 5 heteroatoms. The molecule has 1 amide bonds. The molecule has 0 saturated carbocycles. The Hall–Kier alpha value is -2.27. The zero-order valence-electron chi connectivity index (χ0n) is 10.8. The van der Waals surface area contributed by atoms with Crippen molar-refractivity contribution in [2.45, 2.75) is 12.5 Å². The molecular formula is C15H14FN3O. The number of benzene rings is 1. The number of hydrogen-bond donors (Lipinski definition) is 1. The van der Waals surface area contributed by atoms with Gasteiger partial charge in [0.2, 0.25) is 0 Å². The highest BCUT2D eigenvalue weighted by Gasteiger charge is 2.27. The first kappa shape index (κ1) is 12.7. The third-order valence-corrected chi connectivity index (χ3v) is 3.48. The van der Waals surface area contributed by atoms with Crippen LogP contribution in [0, 0.1) is 5.82 Å². The summed E-state index contributed by atoms with van der Waals surface area (Å²) in [7, 11) is 0. The van der Waals surface area contributed by atoms with Crippen molar-refractivity contribution < 1.29 is 9.18 Å². The van der Waals surface area contributed by atoms with Crippen LogP contribution in [0.25, 0.3) is 0 Å². The van der Waals surface area contributed by atoms with Crippen molar-refractivity contribution in [2.24, 2.45) is 5.73 Å². The molecule has 1 aromatic carbocycles. The van der Waals surface area contributed by atoms with E-state index in [1.165, 1.54) is 12.1 Å². The molecule has 3 rings (SSSR count). The van der Waals surface area contributed by atoms with Crippen LogP contribution in [-0.2, 0) is 0 Å². The van der Waals surface area contributed by atoms with Crippen LogP contribution in [-0.4, -0.2) is 17.4 Å². The van der Waals surface area contributed by atoms with E-state index in [4.69, 9.17) is 5.73 Å². The second-order valence-electron chi connectivity index (χ2n) is 4.77. The van der Waals surface area contributed by atoms with Crippen LogP contribution in [0.4, 0.5) is 10.1 Å². The molecule has 1 aromatic heterocycles. The van der Waals surface area contributed by atoms with Crippen molar-refractivity contribution in [3.05, 3.63) is 59.7 Å². The van der Waals surface area contributed by atoms with Gasteiger partial charge in [0.15, 0.2) is 0 Å². The maximum atomic E-state index is 12.9. The Morgan fingerprint density at radius 3 is 2.85 bits per heavy atom. The zero-order chi connectivity index (χ0) is 14.1. The number of hydrogen-bond acceptors (Lipinski definition) is 3. The molecule has 2 aromatic rings. The topological polar surface area (TPSA) is 59.2 Å². The molecule has 0 fully saturated rings. The van der Waals surface area contributed by atoms with Crippen molar-refractivity contribution in [1.82, 2.24) is 4.98 Å².